The highest BCUT2D eigenvalue weighted by atomic mass is 16.4. The van der Waals surface area contributed by atoms with Crippen molar-refractivity contribution in [2.24, 2.45) is 0 Å². The zero-order valence-electron chi connectivity index (χ0n) is 10.6. The summed E-state index contributed by atoms with van der Waals surface area (Å²) >= 11 is 0. The van der Waals surface area contributed by atoms with E-state index in [4.69, 9.17) is 5.11 Å². The second-order valence-corrected chi connectivity index (χ2v) is 4.20. The van der Waals surface area contributed by atoms with E-state index in [1.807, 2.05) is 25.1 Å². The molecule has 0 saturated carbocycles. The average Bonchev–Trinajstić information content (AvgIpc) is 2.39. The molecule has 98 valence electrons. The van der Waals surface area contributed by atoms with Crippen LogP contribution in [0.3, 0.4) is 0 Å². The van der Waals surface area contributed by atoms with Gasteiger partial charge in [0, 0.05) is 18.4 Å². The fourth-order valence-corrected chi connectivity index (χ4v) is 1.67. The first-order valence-electron chi connectivity index (χ1n) is 6.01. The number of rotatable bonds is 5. The Balaban J connectivity index is 1.87. The maximum atomic E-state index is 10.7. The second-order valence-electron chi connectivity index (χ2n) is 4.20. The van der Waals surface area contributed by atoms with Gasteiger partial charge in [0.05, 0.1) is 5.56 Å². The van der Waals surface area contributed by atoms with Crippen LogP contribution in [0.2, 0.25) is 0 Å². The van der Waals surface area contributed by atoms with Crippen LogP contribution in [0.4, 0.5) is 5.95 Å². The molecule has 0 fully saturated rings. The summed E-state index contributed by atoms with van der Waals surface area (Å²) in [7, 11) is 0. The van der Waals surface area contributed by atoms with Crippen molar-refractivity contribution in [3.8, 4) is 0 Å². The smallest absolute Gasteiger partial charge is 0.335 e. The van der Waals surface area contributed by atoms with E-state index in [1.54, 1.807) is 18.3 Å². The molecule has 1 aromatic carbocycles. The summed E-state index contributed by atoms with van der Waals surface area (Å²) in [5, 5.41) is 11.9. The number of nitrogens with one attached hydrogen (secondary N) is 1. The Morgan fingerprint density at radius 3 is 2.63 bits per heavy atom. The minimum absolute atomic E-state index is 0.304. The molecule has 0 unspecified atom stereocenters. The fourth-order valence-electron chi connectivity index (χ4n) is 1.67. The van der Waals surface area contributed by atoms with Crippen molar-refractivity contribution in [3.63, 3.8) is 0 Å². The van der Waals surface area contributed by atoms with Gasteiger partial charge in [-0.1, -0.05) is 12.1 Å². The standard InChI is InChI=1S/C14H15N3O2/c1-10-6-8-15-14(17-10)16-9-7-11-2-4-12(5-3-11)13(18)19/h2-6,8H,7,9H2,1H3,(H,18,19)(H,15,16,17). The van der Waals surface area contributed by atoms with Crippen LogP contribution < -0.4 is 5.32 Å². The molecule has 0 aliphatic carbocycles. The maximum Gasteiger partial charge on any atom is 0.335 e. The number of carbonyl (C=O) groups is 1. The van der Waals surface area contributed by atoms with E-state index in [-0.39, 0.29) is 0 Å². The van der Waals surface area contributed by atoms with Crippen molar-refractivity contribution in [2.45, 2.75) is 13.3 Å². The maximum absolute atomic E-state index is 10.7. The van der Waals surface area contributed by atoms with Crippen molar-refractivity contribution in [2.75, 3.05) is 11.9 Å². The highest BCUT2D eigenvalue weighted by molar-refractivity contribution is 5.87. The molecular weight excluding hydrogens is 242 g/mol. The SMILES string of the molecule is Cc1ccnc(NCCc2ccc(C(=O)O)cc2)n1. The molecule has 0 saturated heterocycles. The van der Waals surface area contributed by atoms with E-state index in [9.17, 15) is 4.79 Å². The Labute approximate surface area is 111 Å². The molecule has 2 aromatic rings. The summed E-state index contributed by atoms with van der Waals surface area (Å²) in [5.74, 6) is -0.292. The highest BCUT2D eigenvalue weighted by Gasteiger charge is 2.02. The van der Waals surface area contributed by atoms with Gasteiger partial charge in [-0.2, -0.15) is 0 Å². The topological polar surface area (TPSA) is 75.1 Å². The number of aromatic nitrogens is 2. The van der Waals surface area contributed by atoms with Gasteiger partial charge in [-0.25, -0.2) is 14.8 Å². The summed E-state index contributed by atoms with van der Waals surface area (Å²) in [4.78, 5) is 19.1. The molecule has 2 N–H and O–H groups in total. The molecule has 0 radical (unpaired) electrons. The monoisotopic (exact) mass is 257 g/mol. The molecule has 1 heterocycles. The third-order valence-electron chi connectivity index (χ3n) is 2.69. The van der Waals surface area contributed by atoms with E-state index in [0.717, 1.165) is 17.7 Å². The van der Waals surface area contributed by atoms with E-state index >= 15 is 0 Å². The number of hydrogen-bond acceptors (Lipinski definition) is 4. The molecule has 1 aromatic heterocycles. The molecule has 19 heavy (non-hydrogen) atoms. The third kappa shape index (κ3) is 3.77. The molecule has 5 heteroatoms. The number of benzene rings is 1. The number of aryl methyl sites for hydroxylation is 1. The lowest BCUT2D eigenvalue weighted by molar-refractivity contribution is 0.0697. The van der Waals surface area contributed by atoms with E-state index < -0.39 is 5.97 Å². The molecule has 0 aliphatic heterocycles. The van der Waals surface area contributed by atoms with E-state index in [1.165, 1.54) is 0 Å². The number of nitrogens with zero attached hydrogens (tertiary/aromatic N) is 2. The van der Waals surface area contributed by atoms with Crippen LogP contribution in [0.5, 0.6) is 0 Å². The van der Waals surface area contributed by atoms with Crippen LogP contribution in [0.25, 0.3) is 0 Å². The molecule has 0 bridgehead atoms. The van der Waals surface area contributed by atoms with Gasteiger partial charge in [0.2, 0.25) is 5.95 Å². The molecule has 0 atom stereocenters. The van der Waals surface area contributed by atoms with Gasteiger partial charge in [-0.3, -0.25) is 0 Å². The average molecular weight is 257 g/mol. The first-order valence-corrected chi connectivity index (χ1v) is 6.01. The van der Waals surface area contributed by atoms with Gasteiger partial charge in [-0.05, 0) is 37.1 Å². The van der Waals surface area contributed by atoms with Crippen LogP contribution in [-0.4, -0.2) is 27.6 Å². The predicted molar refractivity (Wildman–Crippen MR) is 72.4 cm³/mol. The largest absolute Gasteiger partial charge is 0.478 e. The van der Waals surface area contributed by atoms with Crippen molar-refractivity contribution < 1.29 is 9.90 Å². The molecule has 2 rings (SSSR count). The molecule has 0 spiro atoms. The minimum atomic E-state index is -0.905. The van der Waals surface area contributed by atoms with Crippen LogP contribution in [0.15, 0.2) is 36.5 Å². The Morgan fingerprint density at radius 2 is 2.00 bits per heavy atom. The molecule has 0 amide bonds. The van der Waals surface area contributed by atoms with Gasteiger partial charge < -0.3 is 10.4 Å². The summed E-state index contributed by atoms with van der Waals surface area (Å²) in [6.07, 6.45) is 2.50. The summed E-state index contributed by atoms with van der Waals surface area (Å²) in [6, 6.07) is 8.71. The van der Waals surface area contributed by atoms with Crippen LogP contribution in [0.1, 0.15) is 21.6 Å². The lowest BCUT2D eigenvalue weighted by Crippen LogP contribution is -2.08. The minimum Gasteiger partial charge on any atom is -0.478 e. The summed E-state index contributed by atoms with van der Waals surface area (Å²) < 4.78 is 0. The second kappa shape index (κ2) is 5.95. The van der Waals surface area contributed by atoms with Crippen LogP contribution >= 0.6 is 0 Å². The first kappa shape index (κ1) is 13.0. The van der Waals surface area contributed by atoms with Crippen LogP contribution in [-0.2, 0) is 6.42 Å². The lowest BCUT2D eigenvalue weighted by Gasteiger charge is -2.05. The number of carboxylic acids is 1. The van der Waals surface area contributed by atoms with Crippen molar-refractivity contribution in [1.29, 1.82) is 0 Å². The van der Waals surface area contributed by atoms with Gasteiger partial charge >= 0.3 is 5.97 Å². The summed E-state index contributed by atoms with van der Waals surface area (Å²) in [5.41, 5.74) is 2.30. The van der Waals surface area contributed by atoms with Gasteiger partial charge in [0.25, 0.3) is 0 Å². The molecule has 5 nitrogen and oxygen atoms in total. The molecular formula is C14H15N3O2. The van der Waals surface area contributed by atoms with Crippen molar-refractivity contribution >= 4 is 11.9 Å². The van der Waals surface area contributed by atoms with Crippen molar-refractivity contribution in [1.82, 2.24) is 9.97 Å². The van der Waals surface area contributed by atoms with Crippen molar-refractivity contribution in [3.05, 3.63) is 53.3 Å². The quantitative estimate of drug-likeness (QED) is 0.858. The molecule has 0 aliphatic rings. The zero-order valence-corrected chi connectivity index (χ0v) is 10.6. The Kier molecular flexibility index (Phi) is 4.07. The van der Waals surface area contributed by atoms with Gasteiger partial charge in [-0.15, -0.1) is 0 Å². The first-order chi connectivity index (χ1) is 9.15. The Bertz CT molecular complexity index is 567. The lowest BCUT2D eigenvalue weighted by atomic mass is 10.1. The third-order valence-corrected chi connectivity index (χ3v) is 2.69. The number of anilines is 1. The Morgan fingerprint density at radius 1 is 1.26 bits per heavy atom. The number of carboxylic acid groups (broad SMARTS) is 1. The number of hydrogen-bond donors (Lipinski definition) is 2. The van der Waals surface area contributed by atoms with Gasteiger partial charge in [0.1, 0.15) is 0 Å². The zero-order chi connectivity index (χ0) is 13.7. The normalized spacial score (nSPS) is 10.2. The van der Waals surface area contributed by atoms with Crippen LogP contribution in [0, 0.1) is 6.92 Å². The summed E-state index contributed by atoms with van der Waals surface area (Å²) in [6.45, 7) is 2.62. The number of aromatic carboxylic acids is 1. The van der Waals surface area contributed by atoms with E-state index in [0.29, 0.717) is 18.1 Å². The predicted octanol–water partition coefficient (Wildman–Crippen LogP) is 2.14. The van der Waals surface area contributed by atoms with Gasteiger partial charge in [0.15, 0.2) is 0 Å². The Hall–Kier alpha value is -2.43. The fraction of sp³-hybridized carbons (Fsp3) is 0.214. The van der Waals surface area contributed by atoms with E-state index in [2.05, 4.69) is 15.3 Å². The highest BCUT2D eigenvalue weighted by Crippen LogP contribution is 2.06.